The molecule has 0 aromatic heterocycles. The lowest BCUT2D eigenvalue weighted by molar-refractivity contribution is 0.286. The van der Waals surface area contributed by atoms with Crippen LogP contribution >= 0.6 is 0 Å². The Labute approximate surface area is 115 Å². The van der Waals surface area contributed by atoms with Gasteiger partial charge in [0.15, 0.2) is 0 Å². The first-order valence-electron chi connectivity index (χ1n) is 8.62. The molecule has 0 saturated carbocycles. The van der Waals surface area contributed by atoms with Gasteiger partial charge in [-0.05, 0) is 25.7 Å². The van der Waals surface area contributed by atoms with E-state index in [1.54, 1.807) is 0 Å². The summed E-state index contributed by atoms with van der Waals surface area (Å²) in [6, 6.07) is 1.68. The van der Waals surface area contributed by atoms with Gasteiger partial charge < -0.3 is 5.32 Å². The van der Waals surface area contributed by atoms with Crippen molar-refractivity contribution >= 4 is 0 Å². The fourth-order valence-electron chi connectivity index (χ4n) is 3.20. The van der Waals surface area contributed by atoms with Crippen LogP contribution in [-0.4, -0.2) is 12.1 Å². The molecule has 1 saturated heterocycles. The Bertz CT molecular complexity index is 160. The Kier molecular flexibility index (Phi) is 9.65. The van der Waals surface area contributed by atoms with E-state index < -0.39 is 0 Å². The molecule has 1 heterocycles. The molecule has 1 fully saturated rings. The normalized spacial score (nSPS) is 24.3. The van der Waals surface area contributed by atoms with Crippen molar-refractivity contribution in [3.05, 3.63) is 0 Å². The van der Waals surface area contributed by atoms with Crippen LogP contribution < -0.4 is 5.32 Å². The van der Waals surface area contributed by atoms with Gasteiger partial charge in [-0.25, -0.2) is 0 Å². The summed E-state index contributed by atoms with van der Waals surface area (Å²) in [5, 5.41) is 3.91. The van der Waals surface area contributed by atoms with Gasteiger partial charge in [-0.15, -0.1) is 0 Å². The summed E-state index contributed by atoms with van der Waals surface area (Å²) in [5.74, 6) is 0. The van der Waals surface area contributed by atoms with E-state index in [2.05, 4.69) is 19.2 Å². The van der Waals surface area contributed by atoms with Gasteiger partial charge in [0.1, 0.15) is 0 Å². The highest BCUT2D eigenvalue weighted by Crippen LogP contribution is 2.20. The second-order valence-corrected chi connectivity index (χ2v) is 6.19. The lowest BCUT2D eigenvalue weighted by Gasteiger charge is -2.31. The molecule has 0 aromatic rings. The summed E-state index contributed by atoms with van der Waals surface area (Å²) >= 11 is 0. The molecule has 0 amide bonds. The molecule has 18 heavy (non-hydrogen) atoms. The number of nitrogens with one attached hydrogen (secondary N) is 1. The summed E-state index contributed by atoms with van der Waals surface area (Å²) in [7, 11) is 0. The zero-order valence-corrected chi connectivity index (χ0v) is 12.8. The number of rotatable bonds is 10. The Morgan fingerprint density at radius 3 is 1.67 bits per heavy atom. The largest absolute Gasteiger partial charge is 0.311 e. The average Bonchev–Trinajstić information content (AvgIpc) is 2.40. The molecule has 2 unspecified atom stereocenters. The Morgan fingerprint density at radius 1 is 0.722 bits per heavy atom. The highest BCUT2D eigenvalue weighted by molar-refractivity contribution is 4.80. The van der Waals surface area contributed by atoms with Gasteiger partial charge in [0.05, 0.1) is 0 Å². The lowest BCUT2D eigenvalue weighted by Crippen LogP contribution is -2.42. The third kappa shape index (κ3) is 7.41. The fraction of sp³-hybridized carbons (Fsp3) is 1.00. The average molecular weight is 253 g/mol. The molecule has 0 aromatic carbocycles. The minimum Gasteiger partial charge on any atom is -0.311 e. The first-order chi connectivity index (χ1) is 8.86. The third-order valence-corrected chi connectivity index (χ3v) is 4.39. The zero-order chi connectivity index (χ0) is 13.1. The van der Waals surface area contributed by atoms with Gasteiger partial charge in [-0.2, -0.15) is 0 Å². The number of hydrogen-bond acceptors (Lipinski definition) is 1. The van der Waals surface area contributed by atoms with Crippen LogP contribution in [0.5, 0.6) is 0 Å². The Balaban J connectivity index is 2.04. The van der Waals surface area contributed by atoms with Crippen LogP contribution in [0.2, 0.25) is 0 Å². The van der Waals surface area contributed by atoms with Crippen LogP contribution in [0.4, 0.5) is 0 Å². The molecule has 1 aliphatic heterocycles. The quantitative estimate of drug-likeness (QED) is 0.511. The second kappa shape index (κ2) is 10.8. The first-order valence-corrected chi connectivity index (χ1v) is 8.62. The van der Waals surface area contributed by atoms with Crippen molar-refractivity contribution in [2.45, 2.75) is 109 Å². The van der Waals surface area contributed by atoms with Gasteiger partial charge in [0.25, 0.3) is 0 Å². The minimum absolute atomic E-state index is 0.840. The van der Waals surface area contributed by atoms with Gasteiger partial charge in [0, 0.05) is 12.1 Å². The second-order valence-electron chi connectivity index (χ2n) is 6.19. The van der Waals surface area contributed by atoms with E-state index in [-0.39, 0.29) is 0 Å². The van der Waals surface area contributed by atoms with Gasteiger partial charge in [0.2, 0.25) is 0 Å². The molecule has 1 nitrogen and oxygen atoms in total. The Morgan fingerprint density at radius 2 is 1.22 bits per heavy atom. The van der Waals surface area contributed by atoms with E-state index in [9.17, 15) is 0 Å². The monoisotopic (exact) mass is 253 g/mol. The molecule has 1 rings (SSSR count). The number of piperidine rings is 1. The molecule has 2 atom stereocenters. The predicted octanol–water partition coefficient (Wildman–Crippen LogP) is 5.44. The van der Waals surface area contributed by atoms with Crippen molar-refractivity contribution in [3.63, 3.8) is 0 Å². The smallest absolute Gasteiger partial charge is 0.00696 e. The Hall–Kier alpha value is -0.0400. The van der Waals surface area contributed by atoms with Crippen molar-refractivity contribution in [3.8, 4) is 0 Å². The first kappa shape index (κ1) is 16.0. The van der Waals surface area contributed by atoms with Crippen LogP contribution in [0.3, 0.4) is 0 Å². The van der Waals surface area contributed by atoms with E-state index in [0.717, 1.165) is 12.1 Å². The highest BCUT2D eigenvalue weighted by Gasteiger charge is 2.19. The van der Waals surface area contributed by atoms with E-state index in [1.807, 2.05) is 0 Å². The minimum atomic E-state index is 0.840. The molecule has 1 aliphatic rings. The molecular weight excluding hydrogens is 218 g/mol. The maximum absolute atomic E-state index is 3.91. The van der Waals surface area contributed by atoms with Crippen molar-refractivity contribution < 1.29 is 0 Å². The van der Waals surface area contributed by atoms with Crippen molar-refractivity contribution in [2.24, 2.45) is 0 Å². The predicted molar refractivity (Wildman–Crippen MR) is 82.1 cm³/mol. The highest BCUT2D eigenvalue weighted by atomic mass is 15.0. The summed E-state index contributed by atoms with van der Waals surface area (Å²) in [6.45, 7) is 4.59. The lowest BCUT2D eigenvalue weighted by atomic mass is 9.92. The van der Waals surface area contributed by atoms with E-state index in [0.29, 0.717) is 0 Å². The molecule has 0 aliphatic carbocycles. The van der Waals surface area contributed by atoms with Crippen LogP contribution in [0.1, 0.15) is 97.3 Å². The van der Waals surface area contributed by atoms with Crippen molar-refractivity contribution in [1.82, 2.24) is 5.32 Å². The molecular formula is C17H35N. The topological polar surface area (TPSA) is 12.0 Å². The summed E-state index contributed by atoms with van der Waals surface area (Å²) in [6.07, 6.45) is 18.5. The van der Waals surface area contributed by atoms with E-state index in [4.69, 9.17) is 0 Å². The third-order valence-electron chi connectivity index (χ3n) is 4.39. The molecule has 0 radical (unpaired) electrons. The maximum atomic E-state index is 3.91. The van der Waals surface area contributed by atoms with Gasteiger partial charge in [-0.1, -0.05) is 71.6 Å². The molecule has 1 heteroatoms. The molecule has 0 spiro atoms. The SMILES string of the molecule is CCCCCCC1CCCC(CCCCCC)N1. The standard InChI is InChI=1S/C17H35N/c1-3-5-7-9-12-16-14-11-15-17(18-16)13-10-8-6-4-2/h16-18H,3-15H2,1-2H3. The van der Waals surface area contributed by atoms with Gasteiger partial charge in [-0.3, -0.25) is 0 Å². The summed E-state index contributed by atoms with van der Waals surface area (Å²) < 4.78 is 0. The summed E-state index contributed by atoms with van der Waals surface area (Å²) in [5.41, 5.74) is 0. The maximum Gasteiger partial charge on any atom is 0.00696 e. The van der Waals surface area contributed by atoms with Crippen LogP contribution in [0, 0.1) is 0 Å². The zero-order valence-electron chi connectivity index (χ0n) is 12.8. The number of hydrogen-bond donors (Lipinski definition) is 1. The van der Waals surface area contributed by atoms with Gasteiger partial charge >= 0.3 is 0 Å². The molecule has 0 bridgehead atoms. The van der Waals surface area contributed by atoms with Crippen molar-refractivity contribution in [2.75, 3.05) is 0 Å². The summed E-state index contributed by atoms with van der Waals surface area (Å²) in [4.78, 5) is 0. The fourth-order valence-corrected chi connectivity index (χ4v) is 3.20. The molecule has 108 valence electrons. The van der Waals surface area contributed by atoms with Crippen molar-refractivity contribution in [1.29, 1.82) is 0 Å². The van der Waals surface area contributed by atoms with Crippen LogP contribution in [-0.2, 0) is 0 Å². The number of unbranched alkanes of at least 4 members (excludes halogenated alkanes) is 6. The van der Waals surface area contributed by atoms with E-state index in [1.165, 1.54) is 83.5 Å². The van der Waals surface area contributed by atoms with Crippen LogP contribution in [0.15, 0.2) is 0 Å². The van der Waals surface area contributed by atoms with E-state index >= 15 is 0 Å². The molecule has 1 N–H and O–H groups in total. The van der Waals surface area contributed by atoms with Crippen LogP contribution in [0.25, 0.3) is 0 Å².